The van der Waals surface area contributed by atoms with Crippen molar-refractivity contribution in [3.05, 3.63) is 0 Å². The second kappa shape index (κ2) is 1.71. The van der Waals surface area contributed by atoms with Gasteiger partial charge >= 0.3 is 0 Å². The van der Waals surface area contributed by atoms with Crippen molar-refractivity contribution in [1.29, 1.82) is 0 Å². The van der Waals surface area contributed by atoms with E-state index in [0.717, 1.165) is 13.0 Å². The molecule has 1 rings (SSSR count). The Bertz CT molecular complexity index is 94.5. The molecule has 2 atom stereocenters. The molecule has 0 amide bonds. The van der Waals surface area contributed by atoms with Gasteiger partial charge in [-0.1, -0.05) is 6.92 Å². The number of hydrogen-bond donors (Lipinski definition) is 1. The summed E-state index contributed by atoms with van der Waals surface area (Å²) in [5, 5.41) is 0. The molecule has 0 radical (unpaired) electrons. The van der Waals surface area contributed by atoms with Crippen LogP contribution in [0.5, 0.6) is 0 Å². The van der Waals surface area contributed by atoms with Crippen molar-refractivity contribution in [2.75, 3.05) is 13.7 Å². The lowest BCUT2D eigenvalue weighted by Gasteiger charge is -2.05. The van der Waals surface area contributed by atoms with Gasteiger partial charge in [0.15, 0.2) is 0 Å². The van der Waals surface area contributed by atoms with Crippen molar-refractivity contribution < 1.29 is 4.74 Å². The first kappa shape index (κ1) is 6.05. The minimum Gasteiger partial charge on any atom is -0.384 e. The maximum absolute atomic E-state index is 5.61. The molecule has 1 aliphatic carbocycles. The molecule has 0 aliphatic heterocycles. The van der Waals surface area contributed by atoms with Gasteiger partial charge in [-0.2, -0.15) is 0 Å². The van der Waals surface area contributed by atoms with Crippen LogP contribution in [0.4, 0.5) is 0 Å². The molecule has 0 aromatic carbocycles. The number of rotatable bonds is 2. The van der Waals surface area contributed by atoms with Crippen LogP contribution in [0.25, 0.3) is 0 Å². The van der Waals surface area contributed by atoms with Crippen LogP contribution in [0.15, 0.2) is 0 Å². The van der Waals surface area contributed by atoms with Gasteiger partial charge in [0.05, 0.1) is 6.61 Å². The molecule has 1 saturated carbocycles. The molecule has 0 unspecified atom stereocenters. The Morgan fingerprint density at radius 3 is 2.50 bits per heavy atom. The van der Waals surface area contributed by atoms with Crippen molar-refractivity contribution >= 4 is 0 Å². The lowest BCUT2D eigenvalue weighted by atomic mass is 10.1. The van der Waals surface area contributed by atoms with Crippen LogP contribution in [-0.2, 0) is 4.74 Å². The van der Waals surface area contributed by atoms with E-state index in [1.165, 1.54) is 0 Å². The summed E-state index contributed by atoms with van der Waals surface area (Å²) in [6.45, 7) is 2.97. The molecule has 0 bridgehead atoms. The summed E-state index contributed by atoms with van der Waals surface area (Å²) in [6, 6.07) is 0.391. The van der Waals surface area contributed by atoms with E-state index >= 15 is 0 Å². The van der Waals surface area contributed by atoms with E-state index < -0.39 is 0 Å². The normalized spacial score (nSPS) is 44.6. The second-order valence-corrected chi connectivity index (χ2v) is 2.90. The zero-order chi connectivity index (χ0) is 6.20. The summed E-state index contributed by atoms with van der Waals surface area (Å²) in [5.41, 5.74) is 5.92. The zero-order valence-corrected chi connectivity index (χ0v) is 5.48. The predicted octanol–water partition coefficient (Wildman–Crippen LogP) is 0.370. The minimum atomic E-state index is 0.314. The van der Waals surface area contributed by atoms with E-state index in [2.05, 4.69) is 6.92 Å². The smallest absolute Gasteiger partial charge is 0.0531 e. The van der Waals surface area contributed by atoms with E-state index in [-0.39, 0.29) is 0 Å². The number of hydrogen-bond acceptors (Lipinski definition) is 2. The summed E-state index contributed by atoms with van der Waals surface area (Å²) in [6.07, 6.45) is 1.13. The summed E-state index contributed by atoms with van der Waals surface area (Å²) < 4.78 is 4.96. The molecule has 0 heterocycles. The van der Waals surface area contributed by atoms with Gasteiger partial charge in [-0.05, 0) is 6.42 Å². The van der Waals surface area contributed by atoms with Crippen molar-refractivity contribution in [3.63, 3.8) is 0 Å². The van der Waals surface area contributed by atoms with Crippen LogP contribution in [0.3, 0.4) is 0 Å². The Hall–Kier alpha value is -0.0800. The Labute approximate surface area is 50.0 Å². The Morgan fingerprint density at radius 1 is 1.88 bits per heavy atom. The molecule has 0 spiro atoms. The highest BCUT2D eigenvalue weighted by molar-refractivity contribution is 5.02. The average molecular weight is 115 g/mol. The molecule has 2 nitrogen and oxygen atoms in total. The van der Waals surface area contributed by atoms with Gasteiger partial charge in [0.2, 0.25) is 0 Å². The third-order valence-electron chi connectivity index (χ3n) is 1.90. The molecule has 48 valence electrons. The molecule has 1 fully saturated rings. The highest BCUT2D eigenvalue weighted by atomic mass is 16.5. The zero-order valence-electron chi connectivity index (χ0n) is 5.48. The first-order chi connectivity index (χ1) is 3.69. The fraction of sp³-hybridized carbons (Fsp3) is 1.00. The van der Waals surface area contributed by atoms with E-state index in [9.17, 15) is 0 Å². The van der Waals surface area contributed by atoms with E-state index in [1.54, 1.807) is 7.11 Å². The van der Waals surface area contributed by atoms with Crippen molar-refractivity contribution in [3.8, 4) is 0 Å². The van der Waals surface area contributed by atoms with E-state index in [0.29, 0.717) is 11.5 Å². The first-order valence-corrected chi connectivity index (χ1v) is 2.93. The van der Waals surface area contributed by atoms with E-state index in [4.69, 9.17) is 10.5 Å². The summed E-state index contributed by atoms with van der Waals surface area (Å²) in [4.78, 5) is 0. The molecule has 8 heavy (non-hydrogen) atoms. The van der Waals surface area contributed by atoms with Crippen LogP contribution >= 0.6 is 0 Å². The summed E-state index contributed by atoms with van der Waals surface area (Å²) in [5.74, 6) is 0. The van der Waals surface area contributed by atoms with Crippen LogP contribution in [0, 0.1) is 5.41 Å². The SMILES string of the molecule is COC[C@@]1(C)C[C@H]1N. The fourth-order valence-corrected chi connectivity index (χ4v) is 0.939. The van der Waals surface area contributed by atoms with Gasteiger partial charge < -0.3 is 10.5 Å². The van der Waals surface area contributed by atoms with Gasteiger partial charge in [0.1, 0.15) is 0 Å². The van der Waals surface area contributed by atoms with Crippen molar-refractivity contribution in [1.82, 2.24) is 0 Å². The van der Waals surface area contributed by atoms with Gasteiger partial charge in [0, 0.05) is 18.6 Å². The van der Waals surface area contributed by atoms with Crippen LogP contribution < -0.4 is 5.73 Å². The second-order valence-electron chi connectivity index (χ2n) is 2.90. The third-order valence-corrected chi connectivity index (χ3v) is 1.90. The lowest BCUT2D eigenvalue weighted by Crippen LogP contribution is -2.15. The Balaban J connectivity index is 2.25. The molecule has 0 aromatic heterocycles. The fourth-order valence-electron chi connectivity index (χ4n) is 0.939. The first-order valence-electron chi connectivity index (χ1n) is 2.93. The predicted molar refractivity (Wildman–Crippen MR) is 32.6 cm³/mol. The number of methoxy groups -OCH3 is 1. The largest absolute Gasteiger partial charge is 0.384 e. The molecular weight excluding hydrogens is 102 g/mol. The monoisotopic (exact) mass is 115 g/mol. The highest BCUT2D eigenvalue weighted by Crippen LogP contribution is 2.43. The van der Waals surface area contributed by atoms with Gasteiger partial charge in [0.25, 0.3) is 0 Å². The Kier molecular flexibility index (Phi) is 1.29. The molecule has 2 N–H and O–H groups in total. The highest BCUT2D eigenvalue weighted by Gasteiger charge is 2.47. The quantitative estimate of drug-likeness (QED) is 0.564. The van der Waals surface area contributed by atoms with Crippen LogP contribution in [0.1, 0.15) is 13.3 Å². The van der Waals surface area contributed by atoms with Crippen LogP contribution in [0.2, 0.25) is 0 Å². The molecule has 0 aromatic rings. The molecular formula is C6H13NO. The van der Waals surface area contributed by atoms with Crippen molar-refractivity contribution in [2.24, 2.45) is 11.1 Å². The van der Waals surface area contributed by atoms with Gasteiger partial charge in [-0.3, -0.25) is 0 Å². The number of ether oxygens (including phenoxy) is 1. The van der Waals surface area contributed by atoms with Gasteiger partial charge in [-0.15, -0.1) is 0 Å². The maximum atomic E-state index is 5.61. The van der Waals surface area contributed by atoms with Crippen LogP contribution in [-0.4, -0.2) is 19.8 Å². The maximum Gasteiger partial charge on any atom is 0.0531 e. The molecule has 1 aliphatic rings. The minimum absolute atomic E-state index is 0.314. The number of nitrogens with two attached hydrogens (primary N) is 1. The topological polar surface area (TPSA) is 35.2 Å². The lowest BCUT2D eigenvalue weighted by molar-refractivity contribution is 0.147. The average Bonchev–Trinajstić information content (AvgIpc) is 2.16. The molecule has 2 heteroatoms. The standard InChI is InChI=1S/C6H13NO/c1-6(4-8-2)3-5(6)7/h5H,3-4,7H2,1-2H3/t5-,6-/m1/s1. The summed E-state index contributed by atoms with van der Waals surface area (Å²) >= 11 is 0. The van der Waals surface area contributed by atoms with E-state index in [1.807, 2.05) is 0 Å². The van der Waals surface area contributed by atoms with Gasteiger partial charge in [-0.25, -0.2) is 0 Å². The third kappa shape index (κ3) is 0.858. The summed E-state index contributed by atoms with van der Waals surface area (Å²) in [7, 11) is 1.72. The van der Waals surface area contributed by atoms with Crippen molar-refractivity contribution in [2.45, 2.75) is 19.4 Å². The Morgan fingerprint density at radius 2 is 2.38 bits per heavy atom. The molecule has 0 saturated heterocycles.